The van der Waals surface area contributed by atoms with Crippen LogP contribution in [-0.2, 0) is 0 Å². The highest BCUT2D eigenvalue weighted by Crippen LogP contribution is 2.40. The van der Waals surface area contributed by atoms with Gasteiger partial charge in [-0.05, 0) is 30.3 Å². The number of hydrogen-bond acceptors (Lipinski definition) is 5. The summed E-state index contributed by atoms with van der Waals surface area (Å²) >= 11 is 12.8. The van der Waals surface area contributed by atoms with E-state index in [1.54, 1.807) is 20.4 Å². The van der Waals surface area contributed by atoms with E-state index < -0.39 is 0 Å². The van der Waals surface area contributed by atoms with Gasteiger partial charge in [0.15, 0.2) is 0 Å². The molecular weight excluding hydrogens is 411 g/mol. The maximum absolute atomic E-state index is 6.57. The Morgan fingerprint density at radius 3 is 2.62 bits per heavy atom. The van der Waals surface area contributed by atoms with E-state index in [1.165, 1.54) is 6.20 Å². The van der Waals surface area contributed by atoms with Crippen molar-refractivity contribution in [3.63, 3.8) is 0 Å². The summed E-state index contributed by atoms with van der Waals surface area (Å²) in [5, 5.41) is 2.32. The molecule has 0 radical (unpaired) electrons. The second-order valence-electron chi connectivity index (χ2n) is 6.42. The number of methoxy groups -OCH3 is 2. The topological polar surface area (TPSA) is 72.9 Å². The minimum Gasteiger partial charge on any atom is -0.497 e. The fourth-order valence-corrected chi connectivity index (χ4v) is 3.91. The Kier molecular flexibility index (Phi) is 4.19. The van der Waals surface area contributed by atoms with Crippen LogP contribution < -0.4 is 9.47 Å². The molecule has 3 aromatic heterocycles. The third-order valence-electron chi connectivity index (χ3n) is 4.88. The Morgan fingerprint density at radius 1 is 0.966 bits per heavy atom. The second-order valence-corrected chi connectivity index (χ2v) is 7.20. The molecule has 0 unspecified atom stereocenters. The Balaban J connectivity index is 1.94. The number of ether oxygens (including phenoxy) is 2. The van der Waals surface area contributed by atoms with Crippen molar-refractivity contribution in [1.82, 2.24) is 19.9 Å². The van der Waals surface area contributed by atoms with Crippen molar-refractivity contribution >= 4 is 56.0 Å². The molecule has 0 atom stereocenters. The number of rotatable bonds is 3. The summed E-state index contributed by atoms with van der Waals surface area (Å²) in [6.07, 6.45) is 3.25. The van der Waals surface area contributed by atoms with Gasteiger partial charge < -0.3 is 14.5 Å². The molecule has 6 nitrogen and oxygen atoms in total. The quantitative estimate of drug-likeness (QED) is 0.378. The van der Waals surface area contributed by atoms with Gasteiger partial charge in [0.1, 0.15) is 22.8 Å². The van der Waals surface area contributed by atoms with Gasteiger partial charge in [-0.15, -0.1) is 0 Å². The van der Waals surface area contributed by atoms with Gasteiger partial charge in [0.2, 0.25) is 0 Å². The van der Waals surface area contributed by atoms with Gasteiger partial charge in [0.25, 0.3) is 0 Å². The highest BCUT2D eigenvalue weighted by atomic mass is 35.5. The Hall–Kier alpha value is -3.09. The number of pyridine rings is 2. The molecule has 0 saturated heterocycles. The van der Waals surface area contributed by atoms with E-state index in [2.05, 4.69) is 15.0 Å². The number of fused-ring (bicyclic) bond motifs is 6. The smallest absolute Gasteiger partial charge is 0.142 e. The summed E-state index contributed by atoms with van der Waals surface area (Å²) < 4.78 is 10.9. The molecule has 0 spiro atoms. The third kappa shape index (κ3) is 2.68. The van der Waals surface area contributed by atoms with Crippen LogP contribution in [0.5, 0.6) is 11.5 Å². The normalized spacial score (nSPS) is 11.4. The van der Waals surface area contributed by atoms with Crippen molar-refractivity contribution < 1.29 is 9.47 Å². The molecular formula is C21H14Cl2N4O2. The van der Waals surface area contributed by atoms with Gasteiger partial charge in [-0.1, -0.05) is 23.2 Å². The molecule has 29 heavy (non-hydrogen) atoms. The average Bonchev–Trinajstić information content (AvgIpc) is 3.21. The predicted molar refractivity (Wildman–Crippen MR) is 115 cm³/mol. The highest BCUT2D eigenvalue weighted by molar-refractivity contribution is 6.47. The Morgan fingerprint density at radius 2 is 1.83 bits per heavy atom. The number of H-pyrrole nitrogens is 1. The van der Waals surface area contributed by atoms with Gasteiger partial charge in [0.05, 0.1) is 46.4 Å². The molecule has 2 aromatic carbocycles. The van der Waals surface area contributed by atoms with Crippen molar-refractivity contribution in [2.75, 3.05) is 14.2 Å². The van der Waals surface area contributed by atoms with Crippen LogP contribution in [0.1, 0.15) is 0 Å². The zero-order valence-electron chi connectivity index (χ0n) is 15.5. The monoisotopic (exact) mass is 424 g/mol. The third-order valence-corrected chi connectivity index (χ3v) is 5.65. The fourth-order valence-electron chi connectivity index (χ4n) is 3.53. The molecule has 8 heteroatoms. The molecule has 0 saturated carbocycles. The number of benzene rings is 2. The second kappa shape index (κ2) is 6.76. The van der Waals surface area contributed by atoms with E-state index in [9.17, 15) is 0 Å². The molecule has 1 N–H and O–H groups in total. The lowest BCUT2D eigenvalue weighted by Gasteiger charge is -2.08. The number of halogens is 2. The van der Waals surface area contributed by atoms with Crippen LogP contribution in [0.15, 0.2) is 42.7 Å². The molecule has 144 valence electrons. The van der Waals surface area contributed by atoms with Gasteiger partial charge in [0, 0.05) is 23.2 Å². The molecule has 0 amide bonds. The lowest BCUT2D eigenvalue weighted by molar-refractivity contribution is 0.404. The van der Waals surface area contributed by atoms with Crippen LogP contribution in [0.4, 0.5) is 0 Å². The minimum atomic E-state index is 0.367. The van der Waals surface area contributed by atoms with Crippen LogP contribution >= 0.6 is 23.2 Å². The maximum Gasteiger partial charge on any atom is 0.142 e. The van der Waals surface area contributed by atoms with E-state index in [1.807, 2.05) is 30.3 Å². The standard InChI is InChI=1S/C21H14Cl2N4O2/c1-28-10-5-6-14(29-2)12(8-10)21-26-18-11-4-3-7-24-17(11)19-15(20(18)27-21)16(23)13(22)9-25-19/h3-9H,1-2H3,(H,26,27). The van der Waals surface area contributed by atoms with Crippen molar-refractivity contribution in [2.45, 2.75) is 0 Å². The molecule has 5 rings (SSSR count). The molecule has 0 fully saturated rings. The molecule has 3 heterocycles. The van der Waals surface area contributed by atoms with Gasteiger partial charge in [-0.25, -0.2) is 4.98 Å². The van der Waals surface area contributed by atoms with E-state index in [0.717, 1.165) is 22.0 Å². The SMILES string of the molecule is COc1ccc(OC)c(-c2nc3c4cccnc4c4ncc(Cl)c(Cl)c4c3[nH]2)c1. The first-order chi connectivity index (χ1) is 14.1. The zero-order valence-corrected chi connectivity index (χ0v) is 17.0. The molecule has 0 aliphatic carbocycles. The van der Waals surface area contributed by atoms with Crippen molar-refractivity contribution in [3.05, 3.63) is 52.8 Å². The van der Waals surface area contributed by atoms with E-state index in [4.69, 9.17) is 37.7 Å². The van der Waals surface area contributed by atoms with Crippen LogP contribution in [0.3, 0.4) is 0 Å². The van der Waals surface area contributed by atoms with Crippen LogP contribution in [0, 0.1) is 0 Å². The summed E-state index contributed by atoms with van der Waals surface area (Å²) in [6, 6.07) is 9.37. The first kappa shape index (κ1) is 18.0. The lowest BCUT2D eigenvalue weighted by atomic mass is 10.1. The average molecular weight is 425 g/mol. The number of aromatic nitrogens is 4. The Bertz CT molecular complexity index is 1420. The number of nitrogens with one attached hydrogen (secondary N) is 1. The summed E-state index contributed by atoms with van der Waals surface area (Å²) in [7, 11) is 3.23. The zero-order chi connectivity index (χ0) is 20.1. The summed E-state index contributed by atoms with van der Waals surface area (Å²) in [6.45, 7) is 0. The summed E-state index contributed by atoms with van der Waals surface area (Å²) in [4.78, 5) is 17.2. The first-order valence-corrected chi connectivity index (χ1v) is 9.50. The first-order valence-electron chi connectivity index (χ1n) is 8.75. The van der Waals surface area contributed by atoms with Crippen LogP contribution in [0.25, 0.3) is 44.2 Å². The largest absolute Gasteiger partial charge is 0.497 e. The molecule has 0 aliphatic rings. The predicted octanol–water partition coefficient (Wildman–Crippen LogP) is 5.65. The van der Waals surface area contributed by atoms with E-state index in [-0.39, 0.29) is 0 Å². The summed E-state index contributed by atoms with van der Waals surface area (Å²) in [5.74, 6) is 1.98. The lowest BCUT2D eigenvalue weighted by Crippen LogP contribution is -1.91. The fraction of sp³-hybridized carbons (Fsp3) is 0.0952. The van der Waals surface area contributed by atoms with E-state index >= 15 is 0 Å². The van der Waals surface area contributed by atoms with E-state index in [0.29, 0.717) is 43.8 Å². The minimum absolute atomic E-state index is 0.367. The van der Waals surface area contributed by atoms with Crippen LogP contribution in [0.2, 0.25) is 10.0 Å². The number of nitrogens with zero attached hydrogens (tertiary/aromatic N) is 3. The molecule has 0 bridgehead atoms. The number of hydrogen-bond donors (Lipinski definition) is 1. The van der Waals surface area contributed by atoms with Gasteiger partial charge in [-0.3, -0.25) is 9.97 Å². The van der Waals surface area contributed by atoms with Crippen molar-refractivity contribution in [3.8, 4) is 22.9 Å². The summed E-state index contributed by atoms with van der Waals surface area (Å²) in [5.41, 5.74) is 3.60. The van der Waals surface area contributed by atoms with Gasteiger partial charge >= 0.3 is 0 Å². The van der Waals surface area contributed by atoms with Crippen LogP contribution in [-0.4, -0.2) is 34.2 Å². The van der Waals surface area contributed by atoms with Crippen molar-refractivity contribution in [1.29, 1.82) is 0 Å². The number of imidazole rings is 1. The molecule has 5 aromatic rings. The number of aromatic amines is 1. The maximum atomic E-state index is 6.57. The molecule has 0 aliphatic heterocycles. The van der Waals surface area contributed by atoms with Crippen molar-refractivity contribution in [2.24, 2.45) is 0 Å². The Labute approximate surface area is 175 Å². The van der Waals surface area contributed by atoms with Gasteiger partial charge in [-0.2, -0.15) is 0 Å². The highest BCUT2D eigenvalue weighted by Gasteiger charge is 2.20.